The van der Waals surface area contributed by atoms with E-state index < -0.39 is 0 Å². The third-order valence-electron chi connectivity index (χ3n) is 3.71. The summed E-state index contributed by atoms with van der Waals surface area (Å²) in [7, 11) is 2.03. The zero-order valence-electron chi connectivity index (χ0n) is 12.4. The number of benzene rings is 1. The number of thiophene rings is 1. The van der Waals surface area contributed by atoms with Crippen LogP contribution < -0.4 is 10.6 Å². The molecule has 1 aromatic carbocycles. The Morgan fingerprint density at radius 2 is 2.00 bits per heavy atom. The minimum absolute atomic E-state index is 0.196. The molecule has 0 aliphatic heterocycles. The summed E-state index contributed by atoms with van der Waals surface area (Å²) in [5.41, 5.74) is 8.49. The first kappa shape index (κ1) is 15.0. The SMILES string of the molecule is Cc1cc(N(C)C(C)c2cccs2)c([C@H](C)N)cc1F. The number of rotatable bonds is 4. The molecule has 0 fully saturated rings. The van der Waals surface area contributed by atoms with Crippen LogP contribution in [0.5, 0.6) is 0 Å². The standard InChI is InChI=1S/C16H21FN2S/c1-10-8-15(13(11(2)18)9-14(10)17)19(4)12(3)16-6-5-7-20-16/h5-9,11-12H,18H2,1-4H3/t11-,12?/m0/s1. The highest BCUT2D eigenvalue weighted by Gasteiger charge is 2.19. The number of anilines is 1. The van der Waals surface area contributed by atoms with E-state index in [9.17, 15) is 4.39 Å². The van der Waals surface area contributed by atoms with Crippen molar-refractivity contribution < 1.29 is 4.39 Å². The van der Waals surface area contributed by atoms with Crippen LogP contribution in [-0.4, -0.2) is 7.05 Å². The zero-order valence-corrected chi connectivity index (χ0v) is 13.2. The van der Waals surface area contributed by atoms with Gasteiger partial charge in [-0.25, -0.2) is 4.39 Å². The lowest BCUT2D eigenvalue weighted by atomic mass is 10.0. The van der Waals surface area contributed by atoms with Crippen molar-refractivity contribution in [2.24, 2.45) is 5.73 Å². The van der Waals surface area contributed by atoms with Gasteiger partial charge in [0.15, 0.2) is 0 Å². The molecule has 1 aromatic heterocycles. The third-order valence-corrected chi connectivity index (χ3v) is 4.76. The van der Waals surface area contributed by atoms with Crippen molar-refractivity contribution in [2.45, 2.75) is 32.9 Å². The molecule has 1 unspecified atom stereocenters. The Morgan fingerprint density at radius 3 is 2.55 bits per heavy atom. The molecule has 0 spiro atoms. The van der Waals surface area contributed by atoms with E-state index >= 15 is 0 Å². The quantitative estimate of drug-likeness (QED) is 0.904. The molecule has 0 bridgehead atoms. The molecular formula is C16H21FN2S. The molecule has 108 valence electrons. The number of aryl methyl sites for hydroxylation is 1. The van der Waals surface area contributed by atoms with Gasteiger partial charge in [-0.1, -0.05) is 6.07 Å². The molecule has 0 saturated heterocycles. The van der Waals surface area contributed by atoms with Gasteiger partial charge >= 0.3 is 0 Å². The molecule has 2 nitrogen and oxygen atoms in total. The van der Waals surface area contributed by atoms with Crippen LogP contribution in [0.3, 0.4) is 0 Å². The maximum absolute atomic E-state index is 13.8. The normalized spacial score (nSPS) is 14.1. The maximum atomic E-state index is 13.8. The fourth-order valence-corrected chi connectivity index (χ4v) is 3.11. The lowest BCUT2D eigenvalue weighted by Crippen LogP contribution is -2.24. The molecule has 0 saturated carbocycles. The van der Waals surface area contributed by atoms with E-state index in [0.29, 0.717) is 5.56 Å². The van der Waals surface area contributed by atoms with Crippen LogP contribution in [0.15, 0.2) is 29.6 Å². The number of halogens is 1. The van der Waals surface area contributed by atoms with Gasteiger partial charge in [-0.05, 0) is 55.5 Å². The van der Waals surface area contributed by atoms with E-state index in [-0.39, 0.29) is 17.9 Å². The van der Waals surface area contributed by atoms with E-state index in [0.717, 1.165) is 11.3 Å². The molecule has 0 aliphatic carbocycles. The van der Waals surface area contributed by atoms with Crippen LogP contribution >= 0.6 is 11.3 Å². The Hall–Kier alpha value is -1.39. The van der Waals surface area contributed by atoms with E-state index in [4.69, 9.17) is 5.73 Å². The Kier molecular flexibility index (Phi) is 4.45. The minimum Gasteiger partial charge on any atom is -0.367 e. The van der Waals surface area contributed by atoms with Gasteiger partial charge in [0, 0.05) is 23.7 Å². The monoisotopic (exact) mass is 292 g/mol. The Balaban J connectivity index is 2.43. The highest BCUT2D eigenvalue weighted by Crippen LogP contribution is 2.34. The Morgan fingerprint density at radius 1 is 1.30 bits per heavy atom. The summed E-state index contributed by atoms with van der Waals surface area (Å²) in [5, 5.41) is 2.07. The minimum atomic E-state index is -0.196. The van der Waals surface area contributed by atoms with Crippen molar-refractivity contribution >= 4 is 17.0 Å². The molecule has 2 atom stereocenters. The van der Waals surface area contributed by atoms with Crippen molar-refractivity contribution in [1.82, 2.24) is 0 Å². The van der Waals surface area contributed by atoms with Gasteiger partial charge in [-0.3, -0.25) is 0 Å². The van der Waals surface area contributed by atoms with Gasteiger partial charge in [0.1, 0.15) is 5.82 Å². The first-order valence-corrected chi connectivity index (χ1v) is 7.61. The first-order valence-electron chi connectivity index (χ1n) is 6.73. The molecule has 2 N–H and O–H groups in total. The number of nitrogens with zero attached hydrogens (tertiary/aromatic N) is 1. The van der Waals surface area contributed by atoms with Crippen molar-refractivity contribution in [3.05, 3.63) is 51.5 Å². The maximum Gasteiger partial charge on any atom is 0.126 e. The topological polar surface area (TPSA) is 29.3 Å². The fourth-order valence-electron chi connectivity index (χ4n) is 2.28. The summed E-state index contributed by atoms with van der Waals surface area (Å²) in [5.74, 6) is -0.196. The highest BCUT2D eigenvalue weighted by molar-refractivity contribution is 7.10. The van der Waals surface area contributed by atoms with Crippen molar-refractivity contribution in [3.63, 3.8) is 0 Å². The molecule has 20 heavy (non-hydrogen) atoms. The molecular weight excluding hydrogens is 271 g/mol. The van der Waals surface area contributed by atoms with Gasteiger partial charge in [-0.2, -0.15) is 0 Å². The average Bonchev–Trinajstić information content (AvgIpc) is 2.93. The predicted molar refractivity (Wildman–Crippen MR) is 84.9 cm³/mol. The highest BCUT2D eigenvalue weighted by atomic mass is 32.1. The van der Waals surface area contributed by atoms with Crippen LogP contribution in [-0.2, 0) is 0 Å². The molecule has 0 aliphatic rings. The molecule has 0 radical (unpaired) electrons. The number of hydrogen-bond donors (Lipinski definition) is 1. The lowest BCUT2D eigenvalue weighted by molar-refractivity contribution is 0.611. The molecule has 1 heterocycles. The van der Waals surface area contributed by atoms with E-state index in [2.05, 4.69) is 23.3 Å². The van der Waals surface area contributed by atoms with Gasteiger partial charge in [-0.15, -0.1) is 11.3 Å². The molecule has 0 amide bonds. The molecule has 4 heteroatoms. The summed E-state index contributed by atoms with van der Waals surface area (Å²) in [6.07, 6.45) is 0. The summed E-state index contributed by atoms with van der Waals surface area (Å²) in [6.45, 7) is 5.82. The van der Waals surface area contributed by atoms with E-state index in [1.165, 1.54) is 4.88 Å². The summed E-state index contributed by atoms with van der Waals surface area (Å²) >= 11 is 1.73. The Labute approximate surface area is 124 Å². The van der Waals surface area contributed by atoms with Crippen LogP contribution in [0.25, 0.3) is 0 Å². The van der Waals surface area contributed by atoms with Crippen LogP contribution in [0.1, 0.15) is 41.9 Å². The van der Waals surface area contributed by atoms with Crippen molar-refractivity contribution in [1.29, 1.82) is 0 Å². The molecule has 2 rings (SSSR count). The molecule has 2 aromatic rings. The lowest BCUT2D eigenvalue weighted by Gasteiger charge is -2.30. The van der Waals surface area contributed by atoms with Crippen LogP contribution in [0.4, 0.5) is 10.1 Å². The van der Waals surface area contributed by atoms with Gasteiger partial charge in [0.25, 0.3) is 0 Å². The second kappa shape index (κ2) is 5.94. The number of nitrogens with two attached hydrogens (primary N) is 1. The first-order chi connectivity index (χ1) is 9.41. The van der Waals surface area contributed by atoms with Gasteiger partial charge < -0.3 is 10.6 Å². The largest absolute Gasteiger partial charge is 0.367 e. The third kappa shape index (κ3) is 2.86. The second-order valence-corrected chi connectivity index (χ2v) is 6.23. The zero-order chi connectivity index (χ0) is 14.9. The predicted octanol–water partition coefficient (Wildman–Crippen LogP) is 4.41. The Bertz CT molecular complexity index is 578. The van der Waals surface area contributed by atoms with E-state index in [1.54, 1.807) is 24.3 Å². The van der Waals surface area contributed by atoms with Crippen molar-refractivity contribution in [2.75, 3.05) is 11.9 Å². The smallest absolute Gasteiger partial charge is 0.126 e. The summed E-state index contributed by atoms with van der Waals surface area (Å²) in [6, 6.07) is 7.65. The van der Waals surface area contributed by atoms with Crippen molar-refractivity contribution in [3.8, 4) is 0 Å². The number of hydrogen-bond acceptors (Lipinski definition) is 3. The summed E-state index contributed by atoms with van der Waals surface area (Å²) in [4.78, 5) is 3.45. The fraction of sp³-hybridized carbons (Fsp3) is 0.375. The van der Waals surface area contributed by atoms with Crippen LogP contribution in [0.2, 0.25) is 0 Å². The van der Waals surface area contributed by atoms with Crippen LogP contribution in [0, 0.1) is 12.7 Å². The van der Waals surface area contributed by atoms with Gasteiger partial charge in [0.05, 0.1) is 6.04 Å². The summed E-state index contributed by atoms with van der Waals surface area (Å²) < 4.78 is 13.8. The van der Waals surface area contributed by atoms with Gasteiger partial charge in [0.2, 0.25) is 0 Å². The second-order valence-electron chi connectivity index (χ2n) is 5.25. The van der Waals surface area contributed by atoms with E-state index in [1.807, 2.05) is 26.1 Å². The average molecular weight is 292 g/mol.